The molecule has 18 heavy (non-hydrogen) atoms. The molecule has 0 N–H and O–H groups in total. The van der Waals surface area contributed by atoms with Crippen LogP contribution >= 0.6 is 11.6 Å². The molecule has 0 saturated heterocycles. The Kier molecular flexibility index (Phi) is 5.16. The average Bonchev–Trinajstić information content (AvgIpc) is 2.24. The van der Waals surface area contributed by atoms with Crippen molar-refractivity contribution in [3.05, 3.63) is 29.3 Å². The topological polar surface area (TPSA) is 52.6 Å². The minimum Gasteiger partial charge on any atom is -0.471 e. The number of rotatable bonds is 5. The second-order valence-corrected chi connectivity index (χ2v) is 4.49. The van der Waals surface area contributed by atoms with Crippen molar-refractivity contribution in [3.63, 3.8) is 0 Å². The Morgan fingerprint density at radius 3 is 2.44 bits per heavy atom. The fourth-order valence-corrected chi connectivity index (χ4v) is 1.45. The minimum absolute atomic E-state index is 0.303. The maximum absolute atomic E-state index is 11.7. The van der Waals surface area contributed by atoms with E-state index in [0.29, 0.717) is 10.8 Å². The van der Waals surface area contributed by atoms with E-state index in [1.807, 2.05) is 0 Å². The van der Waals surface area contributed by atoms with Crippen LogP contribution in [-0.4, -0.2) is 24.0 Å². The molecule has 1 aromatic carbocycles. The average molecular weight is 271 g/mol. The van der Waals surface area contributed by atoms with Crippen molar-refractivity contribution in [2.45, 2.75) is 33.0 Å². The molecule has 98 valence electrons. The number of halogens is 1. The summed E-state index contributed by atoms with van der Waals surface area (Å²) in [7, 11) is 0. The van der Waals surface area contributed by atoms with Gasteiger partial charge in [0, 0.05) is 5.02 Å². The quantitative estimate of drug-likeness (QED) is 0.610. The third kappa shape index (κ3) is 4.37. The van der Waals surface area contributed by atoms with Crippen molar-refractivity contribution in [1.29, 1.82) is 0 Å². The molecule has 1 rings (SSSR count). The van der Waals surface area contributed by atoms with Gasteiger partial charge in [0.15, 0.2) is 5.78 Å². The van der Waals surface area contributed by atoms with E-state index in [0.717, 1.165) is 0 Å². The molecule has 0 fully saturated rings. The number of Topliss-reactive ketones (excluding diaryl/α,β-unsaturated/α-hetero) is 1. The summed E-state index contributed by atoms with van der Waals surface area (Å²) in [6, 6.07) is 6.48. The van der Waals surface area contributed by atoms with Crippen molar-refractivity contribution in [2.75, 3.05) is 0 Å². The maximum atomic E-state index is 11.7. The van der Waals surface area contributed by atoms with Gasteiger partial charge in [0.2, 0.25) is 0 Å². The number of ether oxygens (including phenoxy) is 2. The van der Waals surface area contributed by atoms with Crippen LogP contribution in [0.4, 0.5) is 0 Å². The van der Waals surface area contributed by atoms with Gasteiger partial charge in [0.25, 0.3) is 6.10 Å². The summed E-state index contributed by atoms with van der Waals surface area (Å²) in [5.74, 6) is -0.762. The van der Waals surface area contributed by atoms with E-state index in [1.54, 1.807) is 32.0 Å². The van der Waals surface area contributed by atoms with Crippen molar-refractivity contribution in [3.8, 4) is 5.75 Å². The Morgan fingerprint density at radius 1 is 1.28 bits per heavy atom. The number of carbonyl (C=O) groups is 2. The molecule has 1 unspecified atom stereocenters. The van der Waals surface area contributed by atoms with E-state index >= 15 is 0 Å². The highest BCUT2D eigenvalue weighted by molar-refractivity contribution is 6.30. The van der Waals surface area contributed by atoms with Gasteiger partial charge in [-0.25, -0.2) is 4.79 Å². The van der Waals surface area contributed by atoms with Gasteiger partial charge in [0.1, 0.15) is 5.75 Å². The normalized spacial score (nSPS) is 12.1. The lowest BCUT2D eigenvalue weighted by atomic mass is 10.2. The van der Waals surface area contributed by atoms with Crippen LogP contribution in [0.1, 0.15) is 20.8 Å². The summed E-state index contributed by atoms with van der Waals surface area (Å²) in [5, 5.41) is 0.465. The zero-order valence-electron chi connectivity index (χ0n) is 10.5. The highest BCUT2D eigenvalue weighted by Gasteiger charge is 2.27. The van der Waals surface area contributed by atoms with Crippen LogP contribution in [0.2, 0.25) is 5.02 Å². The van der Waals surface area contributed by atoms with E-state index in [1.165, 1.54) is 13.0 Å². The van der Waals surface area contributed by atoms with Crippen LogP contribution in [0.25, 0.3) is 0 Å². The first kappa shape index (κ1) is 14.5. The van der Waals surface area contributed by atoms with Gasteiger partial charge in [-0.1, -0.05) is 17.7 Å². The van der Waals surface area contributed by atoms with Gasteiger partial charge >= 0.3 is 5.97 Å². The second kappa shape index (κ2) is 6.40. The Morgan fingerprint density at radius 2 is 1.94 bits per heavy atom. The molecular formula is C13H15ClO4. The lowest BCUT2D eigenvalue weighted by Crippen LogP contribution is -2.37. The standard InChI is InChI=1S/C13H15ClO4/c1-8(2)17-13(16)12(9(3)15)18-11-6-4-5-10(14)7-11/h4-8,12H,1-3H3. The van der Waals surface area contributed by atoms with E-state index < -0.39 is 17.9 Å². The summed E-state index contributed by atoms with van der Waals surface area (Å²) in [6.45, 7) is 4.68. The van der Waals surface area contributed by atoms with Crippen molar-refractivity contribution in [2.24, 2.45) is 0 Å². The first-order chi connectivity index (χ1) is 8.40. The maximum Gasteiger partial charge on any atom is 0.355 e. The van der Waals surface area contributed by atoms with E-state index in [4.69, 9.17) is 21.1 Å². The van der Waals surface area contributed by atoms with Crippen LogP contribution in [0.5, 0.6) is 5.75 Å². The number of esters is 1. The molecule has 0 saturated carbocycles. The van der Waals surface area contributed by atoms with Crippen LogP contribution in [0, 0.1) is 0 Å². The second-order valence-electron chi connectivity index (χ2n) is 4.05. The highest BCUT2D eigenvalue weighted by Crippen LogP contribution is 2.19. The largest absolute Gasteiger partial charge is 0.471 e. The SMILES string of the molecule is CC(=O)C(Oc1cccc(Cl)c1)C(=O)OC(C)C. The lowest BCUT2D eigenvalue weighted by molar-refractivity contribution is -0.158. The van der Waals surface area contributed by atoms with E-state index in [2.05, 4.69) is 0 Å². The van der Waals surface area contributed by atoms with Crippen LogP contribution in [0.15, 0.2) is 24.3 Å². The third-order valence-corrected chi connectivity index (χ3v) is 2.22. The first-order valence-corrected chi connectivity index (χ1v) is 5.91. The molecule has 0 aliphatic rings. The van der Waals surface area contributed by atoms with Gasteiger partial charge in [0.05, 0.1) is 6.10 Å². The van der Waals surface area contributed by atoms with Gasteiger partial charge in [-0.05, 0) is 39.0 Å². The summed E-state index contributed by atoms with van der Waals surface area (Å²) >= 11 is 5.79. The Balaban J connectivity index is 2.81. The summed E-state index contributed by atoms with van der Waals surface area (Å²) in [6.07, 6.45) is -1.56. The molecule has 0 aromatic heterocycles. The molecule has 0 bridgehead atoms. The monoisotopic (exact) mass is 270 g/mol. The third-order valence-electron chi connectivity index (χ3n) is 1.99. The number of hydrogen-bond acceptors (Lipinski definition) is 4. The summed E-state index contributed by atoms with van der Waals surface area (Å²) < 4.78 is 10.3. The molecular weight excluding hydrogens is 256 g/mol. The summed E-state index contributed by atoms with van der Waals surface area (Å²) in [5.41, 5.74) is 0. The Labute approximate surface area is 111 Å². The van der Waals surface area contributed by atoms with Gasteiger partial charge in [-0.2, -0.15) is 0 Å². The smallest absolute Gasteiger partial charge is 0.355 e. The van der Waals surface area contributed by atoms with E-state index in [9.17, 15) is 9.59 Å². The number of benzene rings is 1. The first-order valence-electron chi connectivity index (χ1n) is 5.53. The van der Waals surface area contributed by atoms with Crippen LogP contribution in [0.3, 0.4) is 0 Å². The Hall–Kier alpha value is -1.55. The molecule has 0 spiro atoms. The minimum atomic E-state index is -1.26. The zero-order valence-corrected chi connectivity index (χ0v) is 11.2. The molecule has 1 atom stereocenters. The molecule has 0 heterocycles. The fraction of sp³-hybridized carbons (Fsp3) is 0.385. The Bertz CT molecular complexity index is 442. The molecule has 0 aliphatic carbocycles. The van der Waals surface area contributed by atoms with Gasteiger partial charge in [-0.15, -0.1) is 0 Å². The number of hydrogen-bond donors (Lipinski definition) is 0. The fourth-order valence-electron chi connectivity index (χ4n) is 1.27. The molecule has 0 amide bonds. The van der Waals surface area contributed by atoms with Crippen molar-refractivity contribution < 1.29 is 19.1 Å². The van der Waals surface area contributed by atoms with Crippen molar-refractivity contribution >= 4 is 23.4 Å². The van der Waals surface area contributed by atoms with Gasteiger partial charge in [-0.3, -0.25) is 4.79 Å². The zero-order chi connectivity index (χ0) is 13.7. The van der Waals surface area contributed by atoms with Crippen molar-refractivity contribution in [1.82, 2.24) is 0 Å². The predicted molar refractivity (Wildman–Crippen MR) is 67.8 cm³/mol. The molecule has 0 radical (unpaired) electrons. The number of ketones is 1. The van der Waals surface area contributed by atoms with Crippen LogP contribution < -0.4 is 4.74 Å². The predicted octanol–water partition coefficient (Wildman–Crippen LogP) is 2.63. The van der Waals surface area contributed by atoms with Crippen LogP contribution in [-0.2, 0) is 14.3 Å². The summed E-state index contributed by atoms with van der Waals surface area (Å²) in [4.78, 5) is 23.1. The van der Waals surface area contributed by atoms with E-state index in [-0.39, 0.29) is 6.10 Å². The number of carbonyl (C=O) groups excluding carboxylic acids is 2. The highest BCUT2D eigenvalue weighted by atomic mass is 35.5. The molecule has 1 aromatic rings. The van der Waals surface area contributed by atoms with Gasteiger partial charge < -0.3 is 9.47 Å². The molecule has 5 heteroatoms. The molecule has 4 nitrogen and oxygen atoms in total. The molecule has 0 aliphatic heterocycles. The lowest BCUT2D eigenvalue weighted by Gasteiger charge is -2.17.